The van der Waals surface area contributed by atoms with Crippen molar-refractivity contribution < 1.29 is 28.5 Å². The number of hydrogen-bond acceptors (Lipinski definition) is 10. The highest BCUT2D eigenvalue weighted by molar-refractivity contribution is 5.98. The molecule has 4 heterocycles. The number of hydrogen-bond donors (Lipinski definition) is 2. The smallest absolute Gasteiger partial charge is 0.258 e. The molecule has 0 saturated carbocycles. The van der Waals surface area contributed by atoms with Crippen LogP contribution in [0.15, 0.2) is 16.9 Å². The molecule has 36 heavy (non-hydrogen) atoms. The van der Waals surface area contributed by atoms with Gasteiger partial charge in [0.25, 0.3) is 5.56 Å². The maximum absolute atomic E-state index is 13.5. The van der Waals surface area contributed by atoms with Crippen LogP contribution in [0.25, 0.3) is 0 Å². The van der Waals surface area contributed by atoms with Crippen molar-refractivity contribution >= 4 is 17.7 Å². The van der Waals surface area contributed by atoms with Gasteiger partial charge in [-0.3, -0.25) is 14.6 Å². The third-order valence-electron chi connectivity index (χ3n) is 6.96. The average molecular weight is 498 g/mol. The van der Waals surface area contributed by atoms with E-state index in [1.165, 1.54) is 21.3 Å². The molecular formula is C24H27N5O7. The zero-order valence-corrected chi connectivity index (χ0v) is 20.3. The minimum atomic E-state index is -1.19. The van der Waals surface area contributed by atoms with E-state index in [1.807, 2.05) is 11.0 Å². The number of methoxy groups -OCH3 is 3. The second-order valence-corrected chi connectivity index (χ2v) is 8.77. The Kier molecular flexibility index (Phi) is 6.19. The van der Waals surface area contributed by atoms with Crippen LogP contribution in [0.2, 0.25) is 0 Å². The van der Waals surface area contributed by atoms with Crippen LogP contribution in [0.5, 0.6) is 17.2 Å². The molecule has 1 spiro atoms. The fourth-order valence-electron chi connectivity index (χ4n) is 5.13. The zero-order chi connectivity index (χ0) is 25.4. The summed E-state index contributed by atoms with van der Waals surface area (Å²) in [4.78, 5) is 35.8. The molecular weight excluding hydrogens is 470 g/mol. The number of carbonyl (C=O) groups excluding carboxylic acids is 1. The lowest BCUT2D eigenvalue weighted by Gasteiger charge is -2.38. The third kappa shape index (κ3) is 3.90. The molecule has 0 bridgehead atoms. The molecule has 190 valence electrons. The number of rotatable bonds is 5. The molecule has 2 fully saturated rings. The summed E-state index contributed by atoms with van der Waals surface area (Å²) in [6, 6.07) is 5.25. The Morgan fingerprint density at radius 1 is 1.06 bits per heavy atom. The van der Waals surface area contributed by atoms with Crippen molar-refractivity contribution in [1.82, 2.24) is 9.97 Å². The number of piperidine rings is 1. The van der Waals surface area contributed by atoms with Gasteiger partial charge in [-0.2, -0.15) is 10.2 Å². The molecule has 2 saturated heterocycles. The number of amides is 1. The first-order valence-corrected chi connectivity index (χ1v) is 11.6. The van der Waals surface area contributed by atoms with E-state index in [1.54, 1.807) is 12.1 Å². The van der Waals surface area contributed by atoms with E-state index in [0.717, 1.165) is 0 Å². The summed E-state index contributed by atoms with van der Waals surface area (Å²) in [5, 5.41) is 12.5. The van der Waals surface area contributed by atoms with Crippen LogP contribution in [0.1, 0.15) is 29.9 Å². The van der Waals surface area contributed by atoms with Crippen LogP contribution in [0, 0.1) is 17.2 Å². The van der Waals surface area contributed by atoms with E-state index in [-0.39, 0.29) is 11.4 Å². The van der Waals surface area contributed by atoms with Crippen molar-refractivity contribution in [1.29, 1.82) is 5.26 Å². The van der Waals surface area contributed by atoms with Gasteiger partial charge in [-0.25, -0.2) is 0 Å². The van der Waals surface area contributed by atoms with Gasteiger partial charge in [-0.1, -0.05) is 0 Å². The maximum atomic E-state index is 13.5. The second kappa shape index (κ2) is 9.33. The van der Waals surface area contributed by atoms with E-state index < -0.39 is 29.1 Å². The largest absolute Gasteiger partial charge is 0.496 e. The first-order valence-electron chi connectivity index (χ1n) is 11.6. The lowest BCUT2D eigenvalue weighted by atomic mass is 9.78. The van der Waals surface area contributed by atoms with E-state index in [4.69, 9.17) is 23.7 Å². The molecule has 1 amide bonds. The van der Waals surface area contributed by atoms with E-state index >= 15 is 0 Å². The van der Waals surface area contributed by atoms with Crippen molar-refractivity contribution in [3.8, 4) is 23.3 Å². The van der Waals surface area contributed by atoms with E-state index in [0.29, 0.717) is 67.9 Å². The Hall–Kier alpha value is -3.82. The van der Waals surface area contributed by atoms with Crippen molar-refractivity contribution in [2.24, 2.45) is 5.92 Å². The molecule has 12 nitrogen and oxygen atoms in total. The van der Waals surface area contributed by atoms with Gasteiger partial charge in [0.15, 0.2) is 17.3 Å². The van der Waals surface area contributed by atoms with E-state index in [2.05, 4.69) is 15.3 Å². The first-order chi connectivity index (χ1) is 17.4. The summed E-state index contributed by atoms with van der Waals surface area (Å²) in [5.41, 5.74) is 0.158. The van der Waals surface area contributed by atoms with Gasteiger partial charge in [0.2, 0.25) is 11.9 Å². The minimum Gasteiger partial charge on any atom is -0.496 e. The number of nitrogens with zero attached hydrogens (tertiary/aromatic N) is 3. The first kappa shape index (κ1) is 23.9. The highest BCUT2D eigenvalue weighted by atomic mass is 16.7. The Morgan fingerprint density at radius 2 is 1.69 bits per heavy atom. The number of nitrogens with one attached hydrogen (secondary N) is 2. The van der Waals surface area contributed by atoms with Crippen LogP contribution in [-0.2, 0) is 14.3 Å². The second-order valence-electron chi connectivity index (χ2n) is 8.77. The molecule has 5 rings (SSSR count). The maximum Gasteiger partial charge on any atom is 0.258 e. The number of fused-ring (bicyclic) bond motifs is 1. The van der Waals surface area contributed by atoms with E-state index in [9.17, 15) is 14.9 Å². The van der Waals surface area contributed by atoms with Gasteiger partial charge in [0.05, 0.1) is 46.2 Å². The van der Waals surface area contributed by atoms with Crippen molar-refractivity contribution in [2.75, 3.05) is 57.8 Å². The summed E-state index contributed by atoms with van der Waals surface area (Å²) < 4.78 is 27.9. The molecule has 2 aromatic rings. The predicted molar refractivity (Wildman–Crippen MR) is 127 cm³/mol. The fourth-order valence-corrected chi connectivity index (χ4v) is 5.13. The predicted octanol–water partition coefficient (Wildman–Crippen LogP) is 1.36. The van der Waals surface area contributed by atoms with Gasteiger partial charge in [-0.15, -0.1) is 0 Å². The number of nitriles is 1. The van der Waals surface area contributed by atoms with Gasteiger partial charge in [-0.05, 0) is 6.07 Å². The van der Waals surface area contributed by atoms with Crippen LogP contribution in [0.3, 0.4) is 0 Å². The number of aromatic amines is 1. The van der Waals surface area contributed by atoms with Gasteiger partial charge < -0.3 is 33.9 Å². The molecule has 2 atom stereocenters. The average Bonchev–Trinajstić information content (AvgIpc) is 3.35. The summed E-state index contributed by atoms with van der Waals surface area (Å²) >= 11 is 0. The zero-order valence-electron chi connectivity index (χ0n) is 20.3. The number of ether oxygens (including phenoxy) is 5. The number of H-pyrrole nitrogens is 1. The Labute approximate surface area is 207 Å². The minimum absolute atomic E-state index is 0.112. The Balaban J connectivity index is 1.57. The lowest BCUT2D eigenvalue weighted by Crippen LogP contribution is -2.46. The molecule has 0 radical (unpaired) electrons. The Bertz CT molecular complexity index is 1270. The quantitative estimate of drug-likeness (QED) is 0.620. The normalized spacial score (nSPS) is 22.5. The molecule has 3 aliphatic heterocycles. The van der Waals surface area contributed by atoms with Crippen LogP contribution in [-0.4, -0.2) is 69.3 Å². The van der Waals surface area contributed by atoms with Crippen molar-refractivity contribution in [2.45, 2.75) is 24.5 Å². The molecule has 1 aromatic carbocycles. The number of benzene rings is 1. The van der Waals surface area contributed by atoms with Gasteiger partial charge >= 0.3 is 0 Å². The van der Waals surface area contributed by atoms with Gasteiger partial charge in [0.1, 0.15) is 17.5 Å². The van der Waals surface area contributed by atoms with Crippen molar-refractivity contribution in [3.05, 3.63) is 33.6 Å². The number of anilines is 2. The summed E-state index contributed by atoms with van der Waals surface area (Å²) in [7, 11) is 4.42. The summed E-state index contributed by atoms with van der Waals surface area (Å²) in [5.74, 6) is -1.69. The Morgan fingerprint density at radius 3 is 2.31 bits per heavy atom. The van der Waals surface area contributed by atoms with Crippen LogP contribution in [0.4, 0.5) is 11.8 Å². The van der Waals surface area contributed by atoms with Crippen molar-refractivity contribution in [3.63, 3.8) is 0 Å². The molecule has 2 N–H and O–H groups in total. The standard InChI is InChI=1S/C24H27N5O7/c1-32-15-11-17(34-3)16(33-2)10-13(15)18-14(12-25)21(30)26-20-19(18)22(31)28-23(27-20)29-6-4-24(5-7-29)35-8-9-36-24/h10-11,14,18H,4-9H2,1-3H3,(H2,26,27,28,30,31). The highest BCUT2D eigenvalue weighted by Gasteiger charge is 2.43. The summed E-state index contributed by atoms with van der Waals surface area (Å²) in [6.07, 6.45) is 1.25. The fraction of sp³-hybridized carbons (Fsp3) is 0.500. The third-order valence-corrected chi connectivity index (χ3v) is 6.96. The highest BCUT2D eigenvalue weighted by Crippen LogP contribution is 2.46. The molecule has 0 aliphatic carbocycles. The molecule has 2 unspecified atom stereocenters. The lowest BCUT2D eigenvalue weighted by molar-refractivity contribution is -0.169. The number of carbonyl (C=O) groups is 1. The molecule has 1 aromatic heterocycles. The molecule has 12 heteroatoms. The summed E-state index contributed by atoms with van der Waals surface area (Å²) in [6.45, 7) is 2.26. The van der Waals surface area contributed by atoms with Crippen LogP contribution < -0.4 is 30.0 Å². The number of aromatic nitrogens is 2. The topological polar surface area (TPSA) is 148 Å². The van der Waals surface area contributed by atoms with Crippen LogP contribution >= 0.6 is 0 Å². The van der Waals surface area contributed by atoms with Gasteiger partial charge in [0, 0.05) is 43.5 Å². The SMILES string of the molecule is COc1cc(OC)c(C2c3c(nc(N4CCC5(CC4)OCCO5)[nH]c3=O)NC(=O)C2C#N)cc1OC. The monoisotopic (exact) mass is 497 g/mol. The molecule has 3 aliphatic rings.